The van der Waals surface area contributed by atoms with Gasteiger partial charge in [-0.2, -0.15) is 0 Å². The van der Waals surface area contributed by atoms with Gasteiger partial charge in [0.05, 0.1) is 5.69 Å². The number of hydrogen-bond donors (Lipinski definition) is 2. The summed E-state index contributed by atoms with van der Waals surface area (Å²) in [5.41, 5.74) is 5.45. The van der Waals surface area contributed by atoms with Crippen molar-refractivity contribution in [3.8, 4) is 0 Å². The van der Waals surface area contributed by atoms with Crippen molar-refractivity contribution in [2.75, 3.05) is 5.32 Å². The molecule has 1 atom stereocenters. The molecular weight excluding hydrogens is 410 g/mol. The Morgan fingerprint density at radius 1 is 0.970 bits per heavy atom. The lowest BCUT2D eigenvalue weighted by molar-refractivity contribution is -0.120. The molecule has 4 rings (SSSR count). The zero-order valence-corrected chi connectivity index (χ0v) is 20.2. The van der Waals surface area contributed by atoms with E-state index in [0.717, 1.165) is 52.7 Å². The van der Waals surface area contributed by atoms with Crippen LogP contribution in [0.15, 0.2) is 41.4 Å². The van der Waals surface area contributed by atoms with Crippen LogP contribution in [0.5, 0.6) is 0 Å². The number of nitrogens with one attached hydrogen (secondary N) is 2. The third-order valence-electron chi connectivity index (χ3n) is 7.19. The van der Waals surface area contributed by atoms with Crippen LogP contribution in [-0.4, -0.2) is 17.6 Å². The molecule has 1 saturated carbocycles. The van der Waals surface area contributed by atoms with E-state index >= 15 is 0 Å². The molecule has 2 amide bonds. The molecule has 1 aliphatic carbocycles. The molecule has 2 N–H and O–H groups in total. The molecule has 2 aromatic carbocycles. The highest BCUT2D eigenvalue weighted by Gasteiger charge is 2.24. The summed E-state index contributed by atoms with van der Waals surface area (Å²) in [7, 11) is 0. The summed E-state index contributed by atoms with van der Waals surface area (Å²) in [6, 6.07) is 11.6. The summed E-state index contributed by atoms with van der Waals surface area (Å²) in [6.45, 7) is 8.41. The average molecular weight is 446 g/mol. The van der Waals surface area contributed by atoms with Gasteiger partial charge in [0.2, 0.25) is 5.91 Å². The first-order valence-electron chi connectivity index (χ1n) is 12.2. The van der Waals surface area contributed by atoms with Crippen molar-refractivity contribution in [3.05, 3.63) is 58.7 Å². The predicted octanol–water partition coefficient (Wildman–Crippen LogP) is 6.43. The lowest BCUT2D eigenvalue weighted by Gasteiger charge is -2.26. The molecule has 1 aliphatic heterocycles. The van der Waals surface area contributed by atoms with Crippen LogP contribution in [0.2, 0.25) is 0 Å². The van der Waals surface area contributed by atoms with Crippen molar-refractivity contribution in [2.24, 2.45) is 16.8 Å². The topological polar surface area (TPSA) is 70.6 Å². The van der Waals surface area contributed by atoms with Crippen molar-refractivity contribution in [3.63, 3.8) is 0 Å². The van der Waals surface area contributed by atoms with Crippen molar-refractivity contribution < 1.29 is 9.59 Å². The van der Waals surface area contributed by atoms with E-state index in [0.29, 0.717) is 24.3 Å². The van der Waals surface area contributed by atoms with E-state index in [9.17, 15) is 9.59 Å². The van der Waals surface area contributed by atoms with E-state index in [2.05, 4.69) is 24.5 Å². The number of benzene rings is 2. The van der Waals surface area contributed by atoms with Gasteiger partial charge in [0.1, 0.15) is 5.84 Å². The van der Waals surface area contributed by atoms with Crippen LogP contribution in [0.4, 0.5) is 11.4 Å². The summed E-state index contributed by atoms with van der Waals surface area (Å²) >= 11 is 0. The number of aliphatic imine (C=N–C) groups is 1. The summed E-state index contributed by atoms with van der Waals surface area (Å²) in [5.74, 6) is 2.15. The fourth-order valence-corrected chi connectivity index (χ4v) is 5.07. The average Bonchev–Trinajstić information content (AvgIpc) is 2.77. The van der Waals surface area contributed by atoms with Crippen LogP contribution in [0.1, 0.15) is 85.3 Å². The molecule has 1 heterocycles. The van der Waals surface area contributed by atoms with Crippen molar-refractivity contribution >= 4 is 29.0 Å². The maximum atomic E-state index is 12.9. The largest absolute Gasteiger partial charge is 0.322 e. The van der Waals surface area contributed by atoms with Gasteiger partial charge in [-0.1, -0.05) is 44.9 Å². The van der Waals surface area contributed by atoms with Gasteiger partial charge in [-0.15, -0.1) is 0 Å². The molecule has 2 aromatic rings. The fraction of sp³-hybridized carbons (Fsp3) is 0.464. The second-order valence-corrected chi connectivity index (χ2v) is 10.0. The minimum Gasteiger partial charge on any atom is -0.322 e. The molecule has 0 bridgehead atoms. The van der Waals surface area contributed by atoms with Gasteiger partial charge in [-0.05, 0) is 79.3 Å². The van der Waals surface area contributed by atoms with Gasteiger partial charge in [0, 0.05) is 24.1 Å². The van der Waals surface area contributed by atoms with Crippen LogP contribution in [-0.2, 0) is 4.79 Å². The van der Waals surface area contributed by atoms with Crippen LogP contribution in [0, 0.1) is 25.7 Å². The molecule has 1 fully saturated rings. The number of para-hydroxylation sites is 1. The Morgan fingerprint density at radius 3 is 2.36 bits per heavy atom. The molecule has 33 heavy (non-hydrogen) atoms. The van der Waals surface area contributed by atoms with E-state index in [1.807, 2.05) is 50.2 Å². The maximum absolute atomic E-state index is 12.9. The lowest BCUT2D eigenvalue weighted by Crippen LogP contribution is -2.34. The highest BCUT2D eigenvalue weighted by Crippen LogP contribution is 2.35. The molecule has 0 spiro atoms. The van der Waals surface area contributed by atoms with Crippen LogP contribution < -0.4 is 10.6 Å². The highest BCUT2D eigenvalue weighted by atomic mass is 16.2. The Morgan fingerprint density at radius 2 is 1.67 bits per heavy atom. The van der Waals surface area contributed by atoms with Crippen LogP contribution >= 0.6 is 0 Å². The number of amides is 2. The Kier molecular flexibility index (Phi) is 6.96. The van der Waals surface area contributed by atoms with E-state index in [1.54, 1.807) is 0 Å². The Bertz CT molecular complexity index is 1060. The molecular formula is C28H35N3O2. The zero-order chi connectivity index (χ0) is 23.5. The number of hydrogen-bond acceptors (Lipinski definition) is 3. The number of fused-ring (bicyclic) bond motifs is 1. The second-order valence-electron chi connectivity index (χ2n) is 10.0. The third-order valence-corrected chi connectivity index (χ3v) is 7.19. The van der Waals surface area contributed by atoms with Crippen LogP contribution in [0.25, 0.3) is 0 Å². The van der Waals surface area contributed by atoms with Crippen molar-refractivity contribution in [1.29, 1.82) is 0 Å². The molecule has 0 aromatic heterocycles. The van der Waals surface area contributed by atoms with Gasteiger partial charge in [0.15, 0.2) is 0 Å². The normalized spacial score (nSPS) is 22.2. The molecule has 1 unspecified atom stereocenters. The molecule has 2 aliphatic rings. The van der Waals surface area contributed by atoms with Crippen LogP contribution in [0.3, 0.4) is 0 Å². The van der Waals surface area contributed by atoms with Gasteiger partial charge in [0.25, 0.3) is 5.91 Å². The predicted molar refractivity (Wildman–Crippen MR) is 134 cm³/mol. The summed E-state index contributed by atoms with van der Waals surface area (Å²) in [6.07, 6.45) is 6.00. The highest BCUT2D eigenvalue weighted by molar-refractivity contribution is 6.06. The molecule has 0 radical (unpaired) electrons. The number of carbonyl (C=O) groups excluding carboxylic acids is 2. The lowest BCUT2D eigenvalue weighted by atomic mass is 9.81. The number of nitrogens with zero attached hydrogens (tertiary/aromatic N) is 1. The minimum absolute atomic E-state index is 0.0774. The van der Waals surface area contributed by atoms with Gasteiger partial charge < -0.3 is 10.6 Å². The first kappa shape index (κ1) is 23.2. The monoisotopic (exact) mass is 445 g/mol. The zero-order valence-electron chi connectivity index (χ0n) is 20.2. The van der Waals surface area contributed by atoms with E-state index in [4.69, 9.17) is 4.99 Å². The number of carbonyl (C=O) groups is 2. The van der Waals surface area contributed by atoms with E-state index in [1.165, 1.54) is 12.8 Å². The second kappa shape index (κ2) is 9.90. The maximum Gasteiger partial charge on any atom is 0.255 e. The first-order valence-corrected chi connectivity index (χ1v) is 12.2. The van der Waals surface area contributed by atoms with Crippen molar-refractivity contribution in [1.82, 2.24) is 5.32 Å². The van der Waals surface area contributed by atoms with Gasteiger partial charge in [-0.3, -0.25) is 9.59 Å². The van der Waals surface area contributed by atoms with E-state index in [-0.39, 0.29) is 17.7 Å². The van der Waals surface area contributed by atoms with E-state index < -0.39 is 0 Å². The smallest absolute Gasteiger partial charge is 0.255 e. The Balaban J connectivity index is 1.43. The molecule has 5 heteroatoms. The summed E-state index contributed by atoms with van der Waals surface area (Å²) < 4.78 is 0. The number of anilines is 1. The Labute approximate surface area is 197 Å². The van der Waals surface area contributed by atoms with Gasteiger partial charge >= 0.3 is 0 Å². The summed E-state index contributed by atoms with van der Waals surface area (Å²) in [4.78, 5) is 30.2. The summed E-state index contributed by atoms with van der Waals surface area (Å²) in [5, 5.41) is 6.12. The SMILES string of the molecule is Cc1cccc(C)c1NC(=O)c1ccc2c(c1)C(C)CC(NC(=O)CC1CCC(C)CC1)=N2. The van der Waals surface area contributed by atoms with Gasteiger partial charge in [-0.25, -0.2) is 4.99 Å². The number of rotatable bonds is 4. The molecule has 0 saturated heterocycles. The number of aryl methyl sites for hydroxylation is 2. The molecule has 5 nitrogen and oxygen atoms in total. The third kappa shape index (κ3) is 5.52. The van der Waals surface area contributed by atoms with Crippen molar-refractivity contribution in [2.45, 2.75) is 72.1 Å². The Hall–Kier alpha value is -2.95. The number of amidine groups is 1. The quantitative estimate of drug-likeness (QED) is 0.569. The molecule has 174 valence electrons. The standard InChI is InChI=1S/C28H35N3O2/c1-17-8-10-21(11-9-17)15-26(32)30-25-14-20(4)23-16-22(12-13-24(23)29-25)28(33)31-27-18(2)6-5-7-19(27)3/h5-7,12-13,16-17,20-21H,8-11,14-15H2,1-4H3,(H,31,33)(H,29,30,32). The minimum atomic E-state index is -0.118. The first-order chi connectivity index (χ1) is 15.8. The fourth-order valence-electron chi connectivity index (χ4n) is 5.07.